The Hall–Kier alpha value is -3.47. The van der Waals surface area contributed by atoms with Gasteiger partial charge in [0.05, 0.1) is 16.2 Å². The molecule has 1 aliphatic rings. The monoisotopic (exact) mass is 447 g/mol. The summed E-state index contributed by atoms with van der Waals surface area (Å²) in [4.78, 5) is 31.3. The maximum absolute atomic E-state index is 12.9. The second-order valence-electron chi connectivity index (χ2n) is 7.69. The molecule has 0 bridgehead atoms. The van der Waals surface area contributed by atoms with Crippen LogP contribution in [-0.4, -0.2) is 45.4 Å². The summed E-state index contributed by atoms with van der Waals surface area (Å²) in [5, 5.41) is 11.4. The van der Waals surface area contributed by atoms with Crippen LogP contribution in [0.3, 0.4) is 0 Å². The number of alkyl halides is 3. The van der Waals surface area contributed by atoms with Gasteiger partial charge in [0.1, 0.15) is 11.3 Å². The molecule has 2 aromatic heterocycles. The smallest absolute Gasteiger partial charge is 0.363 e. The van der Waals surface area contributed by atoms with Crippen molar-refractivity contribution >= 4 is 17.0 Å². The Balaban J connectivity index is 1.49. The van der Waals surface area contributed by atoms with Gasteiger partial charge in [0.15, 0.2) is 0 Å². The summed E-state index contributed by atoms with van der Waals surface area (Å²) in [7, 11) is 0. The Morgan fingerprint density at radius 2 is 1.84 bits per heavy atom. The van der Waals surface area contributed by atoms with E-state index in [0.717, 1.165) is 17.7 Å². The summed E-state index contributed by atoms with van der Waals surface area (Å²) in [5.74, 6) is 0. The maximum atomic E-state index is 12.9. The Morgan fingerprint density at radius 1 is 1.12 bits per heavy atom. The van der Waals surface area contributed by atoms with Gasteiger partial charge < -0.3 is 4.90 Å². The Kier molecular flexibility index (Phi) is 5.59. The van der Waals surface area contributed by atoms with E-state index < -0.39 is 22.4 Å². The molecule has 4 rings (SSSR count). The van der Waals surface area contributed by atoms with E-state index >= 15 is 0 Å². The molecule has 0 spiro atoms. The first-order valence-corrected chi connectivity index (χ1v) is 9.94. The fourth-order valence-corrected chi connectivity index (χ4v) is 3.88. The van der Waals surface area contributed by atoms with Crippen molar-refractivity contribution in [2.24, 2.45) is 0 Å². The van der Waals surface area contributed by atoms with Gasteiger partial charge in [-0.1, -0.05) is 6.07 Å². The number of piperazine rings is 1. The molecular formula is C21H20F3N5O3. The van der Waals surface area contributed by atoms with Crippen molar-refractivity contribution < 1.29 is 18.1 Å². The lowest BCUT2D eigenvalue weighted by Crippen LogP contribution is -2.46. The van der Waals surface area contributed by atoms with Crippen LogP contribution in [0.1, 0.15) is 16.8 Å². The molecule has 8 nitrogen and oxygen atoms in total. The van der Waals surface area contributed by atoms with Crippen LogP contribution in [0.25, 0.3) is 5.65 Å². The molecule has 3 heterocycles. The third kappa shape index (κ3) is 4.28. The van der Waals surface area contributed by atoms with Crippen molar-refractivity contribution in [1.29, 1.82) is 0 Å². The molecule has 11 heteroatoms. The summed E-state index contributed by atoms with van der Waals surface area (Å²) in [6, 6.07) is 7.75. The number of fused-ring (bicyclic) bond motifs is 1. The van der Waals surface area contributed by atoms with Crippen molar-refractivity contribution in [2.75, 3.05) is 31.1 Å². The number of nitro benzene ring substituents is 1. The number of anilines is 1. The first-order valence-electron chi connectivity index (χ1n) is 9.94. The molecular weight excluding hydrogens is 427 g/mol. The van der Waals surface area contributed by atoms with Gasteiger partial charge in [-0.25, -0.2) is 4.98 Å². The second kappa shape index (κ2) is 8.23. The summed E-state index contributed by atoms with van der Waals surface area (Å²) < 4.78 is 40.3. The highest BCUT2D eigenvalue weighted by Gasteiger charge is 2.34. The third-order valence-corrected chi connectivity index (χ3v) is 5.54. The molecule has 0 atom stereocenters. The molecule has 1 aromatic carbocycles. The molecule has 0 unspecified atom stereocenters. The van der Waals surface area contributed by atoms with E-state index in [1.165, 1.54) is 10.5 Å². The molecule has 3 aromatic rings. The predicted molar refractivity (Wildman–Crippen MR) is 112 cm³/mol. The van der Waals surface area contributed by atoms with Crippen LogP contribution < -0.4 is 10.5 Å². The Labute approximate surface area is 180 Å². The topological polar surface area (TPSA) is 84.0 Å². The number of aryl methyl sites for hydroxylation is 1. The number of benzene rings is 1. The Morgan fingerprint density at radius 3 is 2.50 bits per heavy atom. The van der Waals surface area contributed by atoms with Crippen LogP contribution in [0.4, 0.5) is 24.5 Å². The van der Waals surface area contributed by atoms with Gasteiger partial charge in [-0.05, 0) is 30.7 Å². The van der Waals surface area contributed by atoms with E-state index in [2.05, 4.69) is 9.88 Å². The second-order valence-corrected chi connectivity index (χ2v) is 7.69. The quantitative estimate of drug-likeness (QED) is 0.451. The maximum Gasteiger partial charge on any atom is 0.416 e. The van der Waals surface area contributed by atoms with Crippen LogP contribution in [0.2, 0.25) is 0 Å². The highest BCUT2D eigenvalue weighted by atomic mass is 19.4. The summed E-state index contributed by atoms with van der Waals surface area (Å²) in [6.07, 6.45) is -2.98. The van der Waals surface area contributed by atoms with E-state index in [0.29, 0.717) is 50.1 Å². The first kappa shape index (κ1) is 21.8. The van der Waals surface area contributed by atoms with E-state index in [1.807, 2.05) is 13.0 Å². The molecule has 1 fully saturated rings. The molecule has 1 saturated heterocycles. The summed E-state index contributed by atoms with van der Waals surface area (Å²) in [6.45, 7) is 4.15. The number of pyridine rings is 1. The fourth-order valence-electron chi connectivity index (χ4n) is 3.88. The van der Waals surface area contributed by atoms with Crippen molar-refractivity contribution in [3.05, 3.63) is 79.9 Å². The van der Waals surface area contributed by atoms with Gasteiger partial charge >= 0.3 is 6.18 Å². The standard InChI is InChI=1S/C21H20F3N5O3/c1-14-3-2-6-28-19(30)12-16(25-20(14)28)13-26-7-9-27(10-8-26)17-5-4-15(21(22,23)24)11-18(17)29(31)32/h2-6,11-12H,7-10,13H2,1H3. The van der Waals surface area contributed by atoms with Crippen molar-refractivity contribution in [2.45, 2.75) is 19.6 Å². The third-order valence-electron chi connectivity index (χ3n) is 5.54. The van der Waals surface area contributed by atoms with Crippen LogP contribution in [0, 0.1) is 17.0 Å². The minimum absolute atomic E-state index is 0.167. The summed E-state index contributed by atoms with van der Waals surface area (Å²) in [5.41, 5.74) is 0.481. The van der Waals surface area contributed by atoms with Gasteiger partial charge in [-0.3, -0.25) is 24.2 Å². The summed E-state index contributed by atoms with van der Waals surface area (Å²) >= 11 is 0. The van der Waals surface area contributed by atoms with E-state index in [9.17, 15) is 28.1 Å². The molecule has 0 aliphatic carbocycles. The molecule has 0 radical (unpaired) electrons. The number of nitrogens with zero attached hydrogens (tertiary/aromatic N) is 5. The highest BCUT2D eigenvalue weighted by molar-refractivity contribution is 5.65. The molecule has 1 aliphatic heterocycles. The predicted octanol–water partition coefficient (Wildman–Crippen LogP) is 3.25. The Bertz CT molecular complexity index is 1230. The molecule has 0 N–H and O–H groups in total. The number of hydrogen-bond acceptors (Lipinski definition) is 6. The number of aromatic nitrogens is 2. The molecule has 0 saturated carbocycles. The minimum atomic E-state index is -4.65. The first-order chi connectivity index (χ1) is 15.1. The lowest BCUT2D eigenvalue weighted by Gasteiger charge is -2.35. The zero-order chi connectivity index (χ0) is 23.0. The van der Waals surface area contributed by atoms with Crippen LogP contribution >= 0.6 is 0 Å². The van der Waals surface area contributed by atoms with Crippen LogP contribution in [0.15, 0.2) is 47.4 Å². The average molecular weight is 447 g/mol. The normalized spacial score (nSPS) is 15.3. The van der Waals surface area contributed by atoms with E-state index in [4.69, 9.17) is 0 Å². The van der Waals surface area contributed by atoms with Gasteiger partial charge in [-0.15, -0.1) is 0 Å². The number of nitro groups is 1. The largest absolute Gasteiger partial charge is 0.416 e. The van der Waals surface area contributed by atoms with Crippen molar-refractivity contribution in [3.63, 3.8) is 0 Å². The number of rotatable bonds is 4. The van der Waals surface area contributed by atoms with Gasteiger partial charge in [0.2, 0.25) is 0 Å². The van der Waals surface area contributed by atoms with Crippen molar-refractivity contribution in [3.8, 4) is 0 Å². The number of hydrogen-bond donors (Lipinski definition) is 0. The van der Waals surface area contributed by atoms with E-state index in [1.54, 1.807) is 17.2 Å². The highest BCUT2D eigenvalue weighted by Crippen LogP contribution is 2.36. The molecule has 168 valence electrons. The van der Waals surface area contributed by atoms with Gasteiger partial charge in [0, 0.05) is 51.1 Å². The minimum Gasteiger partial charge on any atom is -0.363 e. The van der Waals surface area contributed by atoms with Crippen LogP contribution in [0.5, 0.6) is 0 Å². The van der Waals surface area contributed by atoms with Gasteiger partial charge in [0.25, 0.3) is 11.2 Å². The van der Waals surface area contributed by atoms with E-state index in [-0.39, 0.29) is 11.2 Å². The molecule has 32 heavy (non-hydrogen) atoms. The zero-order valence-corrected chi connectivity index (χ0v) is 17.2. The average Bonchev–Trinajstić information content (AvgIpc) is 2.74. The van der Waals surface area contributed by atoms with Gasteiger partial charge in [-0.2, -0.15) is 13.2 Å². The lowest BCUT2D eigenvalue weighted by atomic mass is 10.1. The molecule has 0 amide bonds. The van der Waals surface area contributed by atoms with Crippen molar-refractivity contribution in [1.82, 2.24) is 14.3 Å². The fraction of sp³-hybridized carbons (Fsp3) is 0.333. The lowest BCUT2D eigenvalue weighted by molar-refractivity contribution is -0.384. The number of halogens is 3. The zero-order valence-electron chi connectivity index (χ0n) is 17.2. The van der Waals surface area contributed by atoms with Crippen LogP contribution in [-0.2, 0) is 12.7 Å². The SMILES string of the molecule is Cc1cccn2c(=O)cc(CN3CCN(c4ccc(C(F)(F)F)cc4[N+](=O)[O-])CC3)nc12.